The molecule has 5 nitrogen and oxygen atoms in total. The lowest BCUT2D eigenvalue weighted by atomic mass is 9.77. The van der Waals surface area contributed by atoms with Gasteiger partial charge in [0.1, 0.15) is 11.7 Å². The second-order valence-corrected chi connectivity index (χ2v) is 4.72. The van der Waals surface area contributed by atoms with Gasteiger partial charge in [-0.3, -0.25) is 9.59 Å². The van der Waals surface area contributed by atoms with Gasteiger partial charge in [-0.1, -0.05) is 18.2 Å². The van der Waals surface area contributed by atoms with Gasteiger partial charge in [0.15, 0.2) is 6.23 Å². The number of carbonyl (C=O) groups is 2. The molecule has 1 amide bonds. The highest BCUT2D eigenvalue weighted by molar-refractivity contribution is 5.99. The topological polar surface area (TPSA) is 66.8 Å². The molecule has 2 aliphatic heterocycles. The molecule has 18 heavy (non-hydrogen) atoms. The summed E-state index contributed by atoms with van der Waals surface area (Å²) in [4.78, 5) is 24.8. The minimum absolute atomic E-state index is 0.291. The summed E-state index contributed by atoms with van der Waals surface area (Å²) in [7, 11) is 1.59. The Morgan fingerprint density at radius 2 is 2.17 bits per heavy atom. The third kappa shape index (κ3) is 1.40. The minimum atomic E-state index is -1.06. The number of fused-ring (bicyclic) bond motifs is 4. The Hall–Kier alpha value is -2.04. The van der Waals surface area contributed by atoms with Gasteiger partial charge in [0.2, 0.25) is 5.91 Å². The predicted octanol–water partition coefficient (Wildman–Crippen LogP) is 1.05. The fourth-order valence-corrected chi connectivity index (χ4v) is 2.80. The van der Waals surface area contributed by atoms with Crippen molar-refractivity contribution in [1.82, 2.24) is 4.90 Å². The first-order chi connectivity index (χ1) is 8.59. The highest BCUT2D eigenvalue weighted by Gasteiger charge is 2.49. The molecular formula is C13H13NO4. The maximum absolute atomic E-state index is 12.1. The van der Waals surface area contributed by atoms with E-state index in [1.807, 2.05) is 24.3 Å². The van der Waals surface area contributed by atoms with E-state index in [2.05, 4.69) is 0 Å². The summed E-state index contributed by atoms with van der Waals surface area (Å²) in [6.07, 6.45) is 0.184. The molecule has 2 aliphatic rings. The molecule has 0 saturated carbocycles. The molecule has 0 unspecified atom stereocenters. The van der Waals surface area contributed by atoms with Gasteiger partial charge in [-0.2, -0.15) is 0 Å². The number of aliphatic carboxylic acids is 1. The van der Waals surface area contributed by atoms with Crippen molar-refractivity contribution in [2.45, 2.75) is 18.6 Å². The molecule has 0 radical (unpaired) electrons. The van der Waals surface area contributed by atoms with Crippen LogP contribution in [0.5, 0.6) is 5.75 Å². The fourth-order valence-electron chi connectivity index (χ4n) is 2.80. The zero-order valence-corrected chi connectivity index (χ0v) is 9.87. The zero-order valence-electron chi connectivity index (χ0n) is 9.87. The van der Waals surface area contributed by atoms with Crippen LogP contribution < -0.4 is 4.74 Å². The Bertz CT molecular complexity index is 527. The Kier molecular flexibility index (Phi) is 2.29. The summed E-state index contributed by atoms with van der Waals surface area (Å²) >= 11 is 0. The largest absolute Gasteiger partial charge is 0.481 e. The van der Waals surface area contributed by atoms with Crippen molar-refractivity contribution in [1.29, 1.82) is 0 Å². The van der Waals surface area contributed by atoms with E-state index in [4.69, 9.17) is 4.74 Å². The molecule has 1 aromatic rings. The van der Waals surface area contributed by atoms with Crippen molar-refractivity contribution in [2.24, 2.45) is 5.92 Å². The first kappa shape index (κ1) is 11.1. The molecule has 0 spiro atoms. The SMILES string of the molecule is CN1C(=O)[C@@H](C(=O)O)[C@@H]2C[C@H]1Oc1ccccc12. The van der Waals surface area contributed by atoms with Crippen LogP contribution >= 0.6 is 0 Å². The normalized spacial score (nSPS) is 29.5. The molecule has 2 bridgehead atoms. The summed E-state index contributed by atoms with van der Waals surface area (Å²) in [6.45, 7) is 0. The number of amides is 1. The number of hydrogen-bond acceptors (Lipinski definition) is 3. The van der Waals surface area contributed by atoms with Crippen molar-refractivity contribution in [3.05, 3.63) is 29.8 Å². The van der Waals surface area contributed by atoms with Gasteiger partial charge >= 0.3 is 5.97 Å². The molecule has 1 N–H and O–H groups in total. The summed E-state index contributed by atoms with van der Waals surface area (Å²) in [6, 6.07) is 7.34. The zero-order chi connectivity index (χ0) is 12.9. The average Bonchev–Trinajstić information content (AvgIpc) is 2.36. The smallest absolute Gasteiger partial charge is 0.316 e. The molecule has 1 fully saturated rings. The van der Waals surface area contributed by atoms with Crippen LogP contribution in [0.25, 0.3) is 0 Å². The number of carboxylic acid groups (broad SMARTS) is 1. The van der Waals surface area contributed by atoms with Crippen molar-refractivity contribution >= 4 is 11.9 Å². The second-order valence-electron chi connectivity index (χ2n) is 4.72. The van der Waals surface area contributed by atoms with Gasteiger partial charge in [0, 0.05) is 19.4 Å². The first-order valence-electron chi connectivity index (χ1n) is 5.84. The maximum Gasteiger partial charge on any atom is 0.316 e. The second kappa shape index (κ2) is 3.73. The van der Waals surface area contributed by atoms with E-state index in [0.29, 0.717) is 12.2 Å². The molecule has 0 aliphatic carbocycles. The summed E-state index contributed by atoms with van der Waals surface area (Å²) < 4.78 is 5.73. The van der Waals surface area contributed by atoms with E-state index in [1.165, 1.54) is 4.90 Å². The third-order valence-corrected chi connectivity index (χ3v) is 3.75. The number of carbonyl (C=O) groups excluding carboxylic acids is 1. The summed E-state index contributed by atoms with van der Waals surface area (Å²) in [5.74, 6) is -2.05. The minimum Gasteiger partial charge on any atom is -0.481 e. The van der Waals surface area contributed by atoms with Crippen LogP contribution in [0.2, 0.25) is 0 Å². The number of nitrogens with zero attached hydrogens (tertiary/aromatic N) is 1. The molecule has 1 saturated heterocycles. The van der Waals surface area contributed by atoms with Crippen molar-refractivity contribution < 1.29 is 19.4 Å². The van der Waals surface area contributed by atoms with E-state index >= 15 is 0 Å². The molecule has 0 aromatic heterocycles. The Morgan fingerprint density at radius 1 is 1.44 bits per heavy atom. The highest BCUT2D eigenvalue weighted by Crippen LogP contribution is 2.45. The van der Waals surface area contributed by atoms with E-state index in [1.54, 1.807) is 7.05 Å². The van der Waals surface area contributed by atoms with Gasteiger partial charge in [-0.05, 0) is 11.6 Å². The number of benzene rings is 1. The quantitative estimate of drug-likeness (QED) is 0.753. The molecule has 3 atom stereocenters. The number of carboxylic acids is 1. The van der Waals surface area contributed by atoms with Crippen molar-refractivity contribution in [2.75, 3.05) is 7.05 Å². The first-order valence-corrected chi connectivity index (χ1v) is 5.84. The third-order valence-electron chi connectivity index (χ3n) is 3.75. The number of piperidine rings is 1. The fraction of sp³-hybridized carbons (Fsp3) is 0.385. The van der Waals surface area contributed by atoms with Crippen molar-refractivity contribution in [3.63, 3.8) is 0 Å². The van der Waals surface area contributed by atoms with Crippen LogP contribution in [0.4, 0.5) is 0 Å². The van der Waals surface area contributed by atoms with E-state index < -0.39 is 11.9 Å². The highest BCUT2D eigenvalue weighted by atomic mass is 16.5. The number of para-hydroxylation sites is 1. The number of hydrogen-bond donors (Lipinski definition) is 1. The van der Waals surface area contributed by atoms with Crippen molar-refractivity contribution in [3.8, 4) is 5.75 Å². The van der Waals surface area contributed by atoms with Crippen LogP contribution in [-0.4, -0.2) is 35.2 Å². The molecule has 1 aromatic carbocycles. The molecule has 94 valence electrons. The van der Waals surface area contributed by atoms with E-state index in [0.717, 1.165) is 5.56 Å². The van der Waals surface area contributed by atoms with Gasteiger partial charge in [0.05, 0.1) is 0 Å². The monoisotopic (exact) mass is 247 g/mol. The number of rotatable bonds is 1. The lowest BCUT2D eigenvalue weighted by molar-refractivity contribution is -0.163. The predicted molar refractivity (Wildman–Crippen MR) is 62.1 cm³/mol. The van der Waals surface area contributed by atoms with Gasteiger partial charge < -0.3 is 14.7 Å². The van der Waals surface area contributed by atoms with E-state index in [9.17, 15) is 14.7 Å². The summed E-state index contributed by atoms with van der Waals surface area (Å²) in [5, 5.41) is 9.28. The Labute approximate surface area is 104 Å². The maximum atomic E-state index is 12.1. The number of ether oxygens (including phenoxy) is 1. The van der Waals surface area contributed by atoms with E-state index in [-0.39, 0.29) is 18.1 Å². The molecular weight excluding hydrogens is 234 g/mol. The molecule has 5 heteroatoms. The Morgan fingerprint density at radius 3 is 2.89 bits per heavy atom. The lowest BCUT2D eigenvalue weighted by Gasteiger charge is -2.44. The Balaban J connectivity index is 2.12. The van der Waals surface area contributed by atoms with Gasteiger partial charge in [-0.25, -0.2) is 0 Å². The van der Waals surface area contributed by atoms with Crippen LogP contribution in [0.3, 0.4) is 0 Å². The summed E-state index contributed by atoms with van der Waals surface area (Å²) in [5.41, 5.74) is 0.822. The number of likely N-dealkylation sites (tertiary alicyclic amines) is 1. The van der Waals surface area contributed by atoms with Crippen LogP contribution in [0.1, 0.15) is 17.9 Å². The van der Waals surface area contributed by atoms with Gasteiger partial charge in [-0.15, -0.1) is 0 Å². The van der Waals surface area contributed by atoms with Crippen LogP contribution in [0.15, 0.2) is 24.3 Å². The molecule has 3 rings (SSSR count). The standard InChI is InChI=1S/C13H13NO4/c1-14-10-6-8(11(12(14)15)13(16)17)7-4-2-3-5-9(7)18-10/h2-5,8,10-11H,6H2,1H3,(H,16,17)/t8-,10-,11+/m1/s1. The molecule has 2 heterocycles. The lowest BCUT2D eigenvalue weighted by Crippen LogP contribution is -2.55. The average molecular weight is 247 g/mol. The van der Waals surface area contributed by atoms with Gasteiger partial charge in [0.25, 0.3) is 0 Å². The van der Waals surface area contributed by atoms with Crippen LogP contribution in [0, 0.1) is 5.92 Å². The van der Waals surface area contributed by atoms with Crippen LogP contribution in [-0.2, 0) is 9.59 Å².